The summed E-state index contributed by atoms with van der Waals surface area (Å²) >= 11 is 6.40. The highest BCUT2D eigenvalue weighted by Gasteiger charge is 2.28. The van der Waals surface area contributed by atoms with Crippen molar-refractivity contribution in [3.05, 3.63) is 78.7 Å². The van der Waals surface area contributed by atoms with Gasteiger partial charge in [-0.1, -0.05) is 36.4 Å². The minimum absolute atomic E-state index is 0.0671. The number of carbonyl (C=O) groups excluding carboxylic acids is 1. The van der Waals surface area contributed by atoms with E-state index >= 15 is 0 Å². The lowest BCUT2D eigenvalue weighted by molar-refractivity contribution is -0.117. The number of para-hydroxylation sites is 1. The number of anilines is 3. The van der Waals surface area contributed by atoms with E-state index in [-0.39, 0.29) is 11.9 Å². The van der Waals surface area contributed by atoms with Crippen molar-refractivity contribution in [1.82, 2.24) is 25.3 Å². The zero-order valence-electron chi connectivity index (χ0n) is 18.0. The van der Waals surface area contributed by atoms with Gasteiger partial charge >= 0.3 is 0 Å². The molecule has 0 saturated carbocycles. The largest absolute Gasteiger partial charge is 0.438 e. The normalized spacial score (nSPS) is 13.3. The van der Waals surface area contributed by atoms with Gasteiger partial charge in [0.15, 0.2) is 5.82 Å². The van der Waals surface area contributed by atoms with Crippen LogP contribution < -0.4 is 20.3 Å². The zero-order chi connectivity index (χ0) is 23.5. The standard InChI is InChI=1S/C24H20ClN7O2/c1-2-21(33)29-16-12-32(13-16)20-9-8-19-22(31-20)23(28-14-27-19)30-15-10-18(25)24(26-11-15)34-17-6-4-3-5-7-17/h2-11,14,16H,1,12-13H2,(H,29,33)(H,27,28,30). The molecule has 0 aliphatic carbocycles. The quantitative estimate of drug-likeness (QED) is 0.386. The molecule has 0 radical (unpaired) electrons. The van der Waals surface area contributed by atoms with E-state index < -0.39 is 0 Å². The van der Waals surface area contributed by atoms with Crippen LogP contribution in [0.5, 0.6) is 11.6 Å². The van der Waals surface area contributed by atoms with Gasteiger partial charge < -0.3 is 20.3 Å². The first kappa shape index (κ1) is 21.6. The monoisotopic (exact) mass is 473 g/mol. The minimum Gasteiger partial charge on any atom is -0.438 e. The molecule has 170 valence electrons. The Morgan fingerprint density at radius 1 is 1.15 bits per heavy atom. The van der Waals surface area contributed by atoms with Crippen molar-refractivity contribution in [3.63, 3.8) is 0 Å². The molecule has 0 atom stereocenters. The molecular formula is C24H20ClN7O2. The van der Waals surface area contributed by atoms with Crippen LogP contribution >= 0.6 is 11.6 Å². The van der Waals surface area contributed by atoms with Crippen molar-refractivity contribution in [2.45, 2.75) is 6.04 Å². The third kappa shape index (κ3) is 4.60. The van der Waals surface area contributed by atoms with E-state index in [0.717, 1.165) is 5.82 Å². The van der Waals surface area contributed by atoms with Gasteiger partial charge in [0.25, 0.3) is 0 Å². The van der Waals surface area contributed by atoms with Crippen LogP contribution in [0, 0.1) is 0 Å². The van der Waals surface area contributed by atoms with E-state index in [9.17, 15) is 4.79 Å². The third-order valence-electron chi connectivity index (χ3n) is 5.23. The highest BCUT2D eigenvalue weighted by atomic mass is 35.5. The average molecular weight is 474 g/mol. The summed E-state index contributed by atoms with van der Waals surface area (Å²) in [5.41, 5.74) is 1.94. The van der Waals surface area contributed by atoms with Crippen molar-refractivity contribution in [2.24, 2.45) is 0 Å². The number of hydrogen-bond acceptors (Lipinski definition) is 8. The van der Waals surface area contributed by atoms with Crippen molar-refractivity contribution in [3.8, 4) is 11.6 Å². The number of carbonyl (C=O) groups is 1. The summed E-state index contributed by atoms with van der Waals surface area (Å²) in [6.07, 6.45) is 4.36. The van der Waals surface area contributed by atoms with Gasteiger partial charge in [-0.15, -0.1) is 0 Å². The second-order valence-corrected chi connectivity index (χ2v) is 8.03. The number of nitrogens with one attached hydrogen (secondary N) is 2. The Hall–Kier alpha value is -4.24. The van der Waals surface area contributed by atoms with Gasteiger partial charge in [-0.2, -0.15) is 0 Å². The molecule has 4 aromatic rings. The van der Waals surface area contributed by atoms with E-state index in [1.165, 1.54) is 12.4 Å². The average Bonchev–Trinajstić information content (AvgIpc) is 2.83. The maximum absolute atomic E-state index is 11.5. The molecule has 0 spiro atoms. The van der Waals surface area contributed by atoms with Crippen LogP contribution in [-0.4, -0.2) is 45.0 Å². The van der Waals surface area contributed by atoms with Gasteiger partial charge in [0.2, 0.25) is 11.8 Å². The van der Waals surface area contributed by atoms with Crippen molar-refractivity contribution >= 4 is 45.9 Å². The van der Waals surface area contributed by atoms with Gasteiger partial charge in [0.1, 0.15) is 28.4 Å². The molecule has 10 heteroatoms. The summed E-state index contributed by atoms with van der Waals surface area (Å²) in [5.74, 6) is 2.08. The van der Waals surface area contributed by atoms with Crippen LogP contribution in [0.1, 0.15) is 0 Å². The lowest BCUT2D eigenvalue weighted by atomic mass is 10.1. The van der Waals surface area contributed by atoms with Gasteiger partial charge in [-0.3, -0.25) is 4.79 Å². The smallest absolute Gasteiger partial charge is 0.243 e. The lowest BCUT2D eigenvalue weighted by Crippen LogP contribution is -2.59. The number of fused-ring (bicyclic) bond motifs is 1. The molecule has 9 nitrogen and oxygen atoms in total. The summed E-state index contributed by atoms with van der Waals surface area (Å²) in [7, 11) is 0. The Labute approximate surface area is 200 Å². The number of amides is 1. The van der Waals surface area contributed by atoms with Crippen molar-refractivity contribution < 1.29 is 9.53 Å². The van der Waals surface area contributed by atoms with E-state index in [1.54, 1.807) is 12.3 Å². The highest BCUT2D eigenvalue weighted by Crippen LogP contribution is 2.31. The molecule has 1 aliphatic heterocycles. The number of pyridine rings is 2. The Morgan fingerprint density at radius 2 is 1.97 bits per heavy atom. The first-order valence-corrected chi connectivity index (χ1v) is 10.9. The van der Waals surface area contributed by atoms with E-state index in [2.05, 4.69) is 37.1 Å². The number of hydrogen-bond donors (Lipinski definition) is 2. The van der Waals surface area contributed by atoms with Crippen LogP contribution in [0.25, 0.3) is 11.0 Å². The molecule has 4 heterocycles. The first-order valence-electron chi connectivity index (χ1n) is 10.5. The molecule has 1 fully saturated rings. The van der Waals surface area contributed by atoms with E-state index in [0.29, 0.717) is 52.3 Å². The van der Waals surface area contributed by atoms with Gasteiger partial charge in [-0.05, 0) is 36.4 Å². The lowest BCUT2D eigenvalue weighted by Gasteiger charge is -2.40. The van der Waals surface area contributed by atoms with Crippen LogP contribution in [0.15, 0.2) is 73.7 Å². The zero-order valence-corrected chi connectivity index (χ0v) is 18.7. The molecule has 1 aromatic carbocycles. The molecule has 0 bridgehead atoms. The molecular weight excluding hydrogens is 454 g/mol. The van der Waals surface area contributed by atoms with Crippen LogP contribution in [0.3, 0.4) is 0 Å². The predicted octanol–water partition coefficient (Wildman–Crippen LogP) is 4.10. The topological polar surface area (TPSA) is 105 Å². The van der Waals surface area contributed by atoms with Crippen LogP contribution in [-0.2, 0) is 4.79 Å². The Kier molecular flexibility index (Phi) is 5.92. The van der Waals surface area contributed by atoms with Crippen LogP contribution in [0.2, 0.25) is 5.02 Å². The molecule has 3 aromatic heterocycles. The maximum Gasteiger partial charge on any atom is 0.243 e. The van der Waals surface area contributed by atoms with Crippen molar-refractivity contribution in [2.75, 3.05) is 23.3 Å². The van der Waals surface area contributed by atoms with E-state index in [4.69, 9.17) is 21.3 Å². The maximum atomic E-state index is 11.5. The molecule has 1 amide bonds. The van der Waals surface area contributed by atoms with Gasteiger partial charge in [0, 0.05) is 13.1 Å². The molecule has 1 saturated heterocycles. The third-order valence-corrected chi connectivity index (χ3v) is 5.50. The number of aromatic nitrogens is 4. The Bertz CT molecular complexity index is 1360. The molecule has 2 N–H and O–H groups in total. The summed E-state index contributed by atoms with van der Waals surface area (Å²) in [6, 6.07) is 14.9. The fourth-order valence-electron chi connectivity index (χ4n) is 3.52. The number of rotatable bonds is 7. The SMILES string of the molecule is C=CC(=O)NC1CN(c2ccc3ncnc(Nc4cnc(Oc5ccccc5)c(Cl)c4)c3n2)C1. The minimum atomic E-state index is -0.177. The summed E-state index contributed by atoms with van der Waals surface area (Å²) in [6.45, 7) is 4.81. The summed E-state index contributed by atoms with van der Waals surface area (Å²) in [5, 5.41) is 6.46. The van der Waals surface area contributed by atoms with Crippen LogP contribution in [0.4, 0.5) is 17.3 Å². The number of ether oxygens (including phenoxy) is 1. The Balaban J connectivity index is 1.34. The fraction of sp³-hybridized carbons (Fsp3) is 0.125. The first-order chi connectivity index (χ1) is 16.6. The van der Waals surface area contributed by atoms with E-state index in [1.807, 2.05) is 42.5 Å². The van der Waals surface area contributed by atoms with Gasteiger partial charge in [-0.25, -0.2) is 19.9 Å². The predicted molar refractivity (Wildman–Crippen MR) is 131 cm³/mol. The second-order valence-electron chi connectivity index (χ2n) is 7.63. The molecule has 1 aliphatic rings. The summed E-state index contributed by atoms with van der Waals surface area (Å²) in [4.78, 5) is 31.3. The number of halogens is 1. The molecule has 5 rings (SSSR count). The summed E-state index contributed by atoms with van der Waals surface area (Å²) < 4.78 is 5.74. The highest BCUT2D eigenvalue weighted by molar-refractivity contribution is 6.32. The molecule has 0 unspecified atom stereocenters. The number of benzene rings is 1. The van der Waals surface area contributed by atoms with Gasteiger partial charge in [0.05, 0.1) is 23.4 Å². The van der Waals surface area contributed by atoms with Crippen molar-refractivity contribution in [1.29, 1.82) is 0 Å². The molecule has 34 heavy (non-hydrogen) atoms. The number of nitrogens with zero attached hydrogens (tertiary/aromatic N) is 5. The fourth-order valence-corrected chi connectivity index (χ4v) is 3.73. The second kappa shape index (κ2) is 9.32. The Morgan fingerprint density at radius 3 is 2.74 bits per heavy atom.